The number of likely N-dealkylation sites (tertiary alicyclic amines) is 1. The van der Waals surface area contributed by atoms with Crippen LogP contribution in [0.4, 0.5) is 13.2 Å². The first kappa shape index (κ1) is 15.4. The molecule has 2 saturated heterocycles. The van der Waals surface area contributed by atoms with E-state index in [0.29, 0.717) is 18.9 Å². The summed E-state index contributed by atoms with van der Waals surface area (Å²) >= 11 is 0. The smallest absolute Gasteiger partial charge is 0.382 e. The van der Waals surface area contributed by atoms with Crippen molar-refractivity contribution in [1.82, 2.24) is 10.2 Å². The van der Waals surface area contributed by atoms with Crippen molar-refractivity contribution in [2.45, 2.75) is 37.6 Å². The molecule has 2 bridgehead atoms. The number of alkyl halides is 3. The van der Waals surface area contributed by atoms with Crippen molar-refractivity contribution in [3.63, 3.8) is 0 Å². The number of hydrogen-bond donors (Lipinski definition) is 1. The molecule has 122 valence electrons. The van der Waals surface area contributed by atoms with Crippen molar-refractivity contribution in [3.05, 3.63) is 23.9 Å². The van der Waals surface area contributed by atoms with Crippen LogP contribution in [0.15, 0.2) is 23.9 Å². The fraction of sp³-hybridized carbons (Fsp3) is 0.667. The van der Waals surface area contributed by atoms with E-state index < -0.39 is 23.7 Å². The zero-order valence-corrected chi connectivity index (χ0v) is 12.3. The fourth-order valence-electron chi connectivity index (χ4n) is 3.37. The summed E-state index contributed by atoms with van der Waals surface area (Å²) in [5, 5.41) is 3.24. The summed E-state index contributed by atoms with van der Waals surface area (Å²) < 4.78 is 43.5. The normalized spacial score (nSPS) is 34.0. The summed E-state index contributed by atoms with van der Waals surface area (Å²) in [5.74, 6) is -1.32. The quantitative estimate of drug-likeness (QED) is 0.866. The predicted octanol–water partition coefficient (Wildman–Crippen LogP) is 1.99. The Balaban J connectivity index is 1.63. The Labute approximate surface area is 127 Å². The zero-order valence-electron chi connectivity index (χ0n) is 12.3. The highest BCUT2D eigenvalue weighted by Gasteiger charge is 2.57. The Hall–Kier alpha value is -1.50. The number of allylic oxidation sites excluding steroid dienone is 3. The number of morpholine rings is 1. The average molecular weight is 316 g/mol. The number of amides is 1. The summed E-state index contributed by atoms with van der Waals surface area (Å²) in [7, 11) is 0. The molecule has 1 aliphatic carbocycles. The van der Waals surface area contributed by atoms with E-state index in [1.807, 2.05) is 6.08 Å². The van der Waals surface area contributed by atoms with Gasteiger partial charge in [0.1, 0.15) is 5.60 Å². The van der Waals surface area contributed by atoms with E-state index in [1.54, 1.807) is 0 Å². The first-order chi connectivity index (χ1) is 10.3. The van der Waals surface area contributed by atoms with E-state index in [1.165, 1.54) is 0 Å². The van der Waals surface area contributed by atoms with Gasteiger partial charge in [-0.2, -0.15) is 13.2 Å². The number of nitrogens with zero attached hydrogens (tertiary/aromatic N) is 1. The first-order valence-electron chi connectivity index (χ1n) is 7.43. The van der Waals surface area contributed by atoms with Gasteiger partial charge in [-0.1, -0.05) is 19.1 Å². The lowest BCUT2D eigenvalue weighted by molar-refractivity contribution is -0.191. The van der Waals surface area contributed by atoms with E-state index in [4.69, 9.17) is 4.74 Å². The van der Waals surface area contributed by atoms with Gasteiger partial charge in [0.25, 0.3) is 0 Å². The van der Waals surface area contributed by atoms with E-state index >= 15 is 0 Å². The van der Waals surface area contributed by atoms with Crippen LogP contribution in [0.3, 0.4) is 0 Å². The molecule has 2 heterocycles. The van der Waals surface area contributed by atoms with Gasteiger partial charge in [-0.25, -0.2) is 0 Å². The van der Waals surface area contributed by atoms with Crippen LogP contribution < -0.4 is 5.32 Å². The second-order valence-electron chi connectivity index (χ2n) is 6.37. The van der Waals surface area contributed by atoms with E-state index in [9.17, 15) is 18.0 Å². The number of carbonyl (C=O) groups is 1. The highest BCUT2D eigenvalue weighted by Crippen LogP contribution is 2.39. The van der Waals surface area contributed by atoms with Crippen molar-refractivity contribution >= 4 is 5.91 Å². The second kappa shape index (κ2) is 5.30. The Morgan fingerprint density at radius 2 is 2.32 bits per heavy atom. The van der Waals surface area contributed by atoms with Crippen LogP contribution in [0, 0.1) is 5.92 Å². The molecule has 7 heteroatoms. The van der Waals surface area contributed by atoms with Gasteiger partial charge < -0.3 is 15.0 Å². The summed E-state index contributed by atoms with van der Waals surface area (Å²) in [5.41, 5.74) is 0.252. The maximum Gasteiger partial charge on any atom is 0.471 e. The molecule has 3 rings (SSSR count). The number of ether oxygens (including phenoxy) is 1. The molecular weight excluding hydrogens is 297 g/mol. The van der Waals surface area contributed by atoms with Gasteiger partial charge in [0, 0.05) is 18.7 Å². The minimum Gasteiger partial charge on any atom is -0.382 e. The molecule has 0 aromatic heterocycles. The highest BCUT2D eigenvalue weighted by molar-refractivity contribution is 5.82. The maximum absolute atomic E-state index is 12.6. The molecular formula is C15H19F3N2O2. The van der Waals surface area contributed by atoms with Crippen molar-refractivity contribution < 1.29 is 22.7 Å². The standard InChI is InChI=1S/C15H19F3N2O2/c1-10-3-2-4-11(5-10)19-8-14-6-12(7-22-14)20(9-14)13(21)15(16,17)18/h2,4-5,10,12,19H,3,6-9H2,1H3. The Morgan fingerprint density at radius 3 is 3.00 bits per heavy atom. The van der Waals surface area contributed by atoms with Crippen molar-refractivity contribution in [2.24, 2.45) is 5.92 Å². The Morgan fingerprint density at radius 1 is 1.55 bits per heavy atom. The van der Waals surface area contributed by atoms with Crippen LogP contribution in [0.25, 0.3) is 0 Å². The van der Waals surface area contributed by atoms with Crippen LogP contribution in [0.1, 0.15) is 19.8 Å². The molecule has 0 aromatic carbocycles. The molecule has 2 fully saturated rings. The molecule has 0 aromatic rings. The summed E-state index contributed by atoms with van der Waals surface area (Å²) in [6, 6.07) is -0.467. The molecule has 3 atom stereocenters. The van der Waals surface area contributed by atoms with E-state index in [0.717, 1.165) is 17.0 Å². The zero-order chi connectivity index (χ0) is 16.0. The lowest BCUT2D eigenvalue weighted by Gasteiger charge is -2.33. The van der Waals surface area contributed by atoms with Gasteiger partial charge >= 0.3 is 12.1 Å². The largest absolute Gasteiger partial charge is 0.471 e. The third kappa shape index (κ3) is 2.86. The number of nitrogens with one attached hydrogen (secondary N) is 1. The van der Waals surface area contributed by atoms with Gasteiger partial charge in [0.15, 0.2) is 0 Å². The molecule has 1 N–H and O–H groups in total. The van der Waals surface area contributed by atoms with Gasteiger partial charge in [0.05, 0.1) is 19.2 Å². The summed E-state index contributed by atoms with van der Waals surface area (Å²) in [6.07, 6.45) is 2.75. The van der Waals surface area contributed by atoms with Gasteiger partial charge in [-0.15, -0.1) is 0 Å². The van der Waals surface area contributed by atoms with Gasteiger partial charge in [0.2, 0.25) is 0 Å². The van der Waals surface area contributed by atoms with Crippen LogP contribution >= 0.6 is 0 Å². The monoisotopic (exact) mass is 316 g/mol. The predicted molar refractivity (Wildman–Crippen MR) is 73.9 cm³/mol. The molecule has 4 nitrogen and oxygen atoms in total. The molecule has 1 amide bonds. The molecule has 22 heavy (non-hydrogen) atoms. The van der Waals surface area contributed by atoms with Crippen molar-refractivity contribution in [3.8, 4) is 0 Å². The van der Waals surface area contributed by atoms with Crippen LogP contribution in [0.2, 0.25) is 0 Å². The van der Waals surface area contributed by atoms with Gasteiger partial charge in [-0.05, 0) is 18.4 Å². The number of fused-ring (bicyclic) bond motifs is 2. The third-order valence-corrected chi connectivity index (χ3v) is 4.48. The second-order valence-corrected chi connectivity index (χ2v) is 6.37. The maximum atomic E-state index is 12.6. The lowest BCUT2D eigenvalue weighted by atomic mass is 10.00. The number of hydrogen-bond acceptors (Lipinski definition) is 3. The Bertz CT molecular complexity index is 529. The highest BCUT2D eigenvalue weighted by atomic mass is 19.4. The molecule has 3 unspecified atom stereocenters. The topological polar surface area (TPSA) is 41.6 Å². The number of carbonyl (C=O) groups excluding carboxylic acids is 1. The third-order valence-electron chi connectivity index (χ3n) is 4.48. The lowest BCUT2D eigenvalue weighted by Crippen LogP contribution is -2.52. The minimum atomic E-state index is -4.82. The van der Waals surface area contributed by atoms with Crippen molar-refractivity contribution in [1.29, 1.82) is 0 Å². The number of halogens is 3. The molecule has 2 aliphatic heterocycles. The van der Waals surface area contributed by atoms with Crippen LogP contribution in [0.5, 0.6) is 0 Å². The average Bonchev–Trinajstić information content (AvgIpc) is 3.02. The fourth-order valence-corrected chi connectivity index (χ4v) is 3.37. The van der Waals surface area contributed by atoms with Gasteiger partial charge in [-0.3, -0.25) is 4.79 Å². The number of rotatable bonds is 3. The molecule has 0 saturated carbocycles. The van der Waals surface area contributed by atoms with E-state index in [2.05, 4.69) is 24.4 Å². The Kier molecular flexibility index (Phi) is 3.71. The minimum absolute atomic E-state index is 0.00441. The van der Waals surface area contributed by atoms with Crippen LogP contribution in [-0.2, 0) is 9.53 Å². The first-order valence-corrected chi connectivity index (χ1v) is 7.43. The molecule has 3 aliphatic rings. The summed E-state index contributed by atoms with van der Waals surface area (Å²) in [6.45, 7) is 2.68. The SMILES string of the molecule is CC1C=C(NCC23CC(CO2)N(C(=O)C(F)(F)F)C3)C=CC1. The van der Waals surface area contributed by atoms with Crippen LogP contribution in [-0.4, -0.2) is 48.3 Å². The molecule has 0 radical (unpaired) electrons. The van der Waals surface area contributed by atoms with E-state index in [-0.39, 0.29) is 13.2 Å². The molecule has 0 spiro atoms. The van der Waals surface area contributed by atoms with Crippen molar-refractivity contribution in [2.75, 3.05) is 19.7 Å². The summed E-state index contributed by atoms with van der Waals surface area (Å²) in [4.78, 5) is 12.4.